The number of rotatable bonds is 1. The van der Waals surface area contributed by atoms with Gasteiger partial charge >= 0.3 is 5.69 Å². The number of benzene rings is 2. The van der Waals surface area contributed by atoms with E-state index in [4.69, 9.17) is 4.74 Å². The van der Waals surface area contributed by atoms with Gasteiger partial charge in [-0.15, -0.1) is 0 Å². The van der Waals surface area contributed by atoms with Crippen LogP contribution >= 0.6 is 0 Å². The lowest BCUT2D eigenvalue weighted by Gasteiger charge is -2.09. The van der Waals surface area contributed by atoms with Crippen molar-refractivity contribution < 1.29 is 9.53 Å². The Morgan fingerprint density at radius 3 is 2.82 bits per heavy atom. The highest BCUT2D eigenvalue weighted by Crippen LogP contribution is 2.30. The monoisotopic (exact) mass is 295 g/mol. The Hall–Kier alpha value is -3.02. The topological polar surface area (TPSA) is 87.0 Å². The fraction of sp³-hybridized carbons (Fsp3) is 0.125. The van der Waals surface area contributed by atoms with Crippen molar-refractivity contribution in [3.63, 3.8) is 0 Å². The van der Waals surface area contributed by atoms with Gasteiger partial charge in [0.15, 0.2) is 0 Å². The maximum Gasteiger partial charge on any atom is 0.323 e. The number of ether oxygens (including phenoxy) is 1. The third kappa shape index (κ3) is 1.96. The van der Waals surface area contributed by atoms with Crippen molar-refractivity contribution in [3.05, 3.63) is 52.4 Å². The van der Waals surface area contributed by atoms with E-state index in [0.717, 1.165) is 22.2 Å². The fourth-order valence-electron chi connectivity index (χ4n) is 2.72. The summed E-state index contributed by atoms with van der Waals surface area (Å²) in [6.07, 6.45) is 0. The molecule has 1 aliphatic heterocycles. The largest absolute Gasteiger partial charge is 0.491 e. The van der Waals surface area contributed by atoms with Gasteiger partial charge in [-0.05, 0) is 23.8 Å². The number of carbonyl (C=O) groups excluding carboxylic acids is 1. The molecule has 0 bridgehead atoms. The maximum absolute atomic E-state index is 12.1. The highest BCUT2D eigenvalue weighted by Gasteiger charge is 2.18. The number of imidazole rings is 1. The SMILES string of the molecule is O=C1NCCOc2ccc(-c3cccc4[nH]c(=O)[nH]c34)cc21. The summed E-state index contributed by atoms with van der Waals surface area (Å²) in [5.74, 6) is 0.428. The molecule has 6 nitrogen and oxygen atoms in total. The third-order valence-corrected chi connectivity index (χ3v) is 3.73. The van der Waals surface area contributed by atoms with Crippen LogP contribution in [0.25, 0.3) is 22.2 Å². The molecule has 0 atom stereocenters. The van der Waals surface area contributed by atoms with Gasteiger partial charge in [0.1, 0.15) is 12.4 Å². The minimum Gasteiger partial charge on any atom is -0.491 e. The molecule has 0 radical (unpaired) electrons. The quantitative estimate of drug-likeness (QED) is 0.638. The van der Waals surface area contributed by atoms with E-state index in [1.165, 1.54) is 0 Å². The average molecular weight is 295 g/mol. The van der Waals surface area contributed by atoms with Crippen molar-refractivity contribution in [1.29, 1.82) is 0 Å². The Morgan fingerprint density at radius 2 is 1.91 bits per heavy atom. The Balaban J connectivity index is 1.92. The van der Waals surface area contributed by atoms with Crippen LogP contribution in [0.4, 0.5) is 0 Å². The van der Waals surface area contributed by atoms with E-state index in [1.54, 1.807) is 12.1 Å². The van der Waals surface area contributed by atoms with Crippen LogP contribution in [0.1, 0.15) is 10.4 Å². The van der Waals surface area contributed by atoms with Crippen molar-refractivity contribution in [3.8, 4) is 16.9 Å². The van der Waals surface area contributed by atoms with Gasteiger partial charge < -0.3 is 20.0 Å². The zero-order valence-electron chi connectivity index (χ0n) is 11.6. The van der Waals surface area contributed by atoms with Crippen molar-refractivity contribution >= 4 is 16.9 Å². The molecule has 1 amide bonds. The van der Waals surface area contributed by atoms with Crippen LogP contribution in [-0.2, 0) is 0 Å². The zero-order chi connectivity index (χ0) is 15.1. The summed E-state index contributed by atoms with van der Waals surface area (Å²) in [5.41, 5.74) is 3.42. The molecule has 2 heterocycles. The van der Waals surface area contributed by atoms with Gasteiger partial charge in [-0.2, -0.15) is 0 Å². The van der Waals surface area contributed by atoms with Gasteiger partial charge in [0.05, 0.1) is 23.1 Å². The van der Waals surface area contributed by atoms with Crippen LogP contribution in [0.15, 0.2) is 41.2 Å². The van der Waals surface area contributed by atoms with E-state index in [-0.39, 0.29) is 11.6 Å². The van der Waals surface area contributed by atoms with Crippen LogP contribution in [0.2, 0.25) is 0 Å². The van der Waals surface area contributed by atoms with Gasteiger partial charge in [0, 0.05) is 5.56 Å². The molecule has 6 heteroatoms. The minimum atomic E-state index is -0.252. The number of carbonyl (C=O) groups is 1. The summed E-state index contributed by atoms with van der Waals surface area (Å²) in [6.45, 7) is 0.947. The molecule has 3 aromatic rings. The first-order valence-electron chi connectivity index (χ1n) is 6.99. The van der Waals surface area contributed by atoms with E-state index >= 15 is 0 Å². The van der Waals surface area contributed by atoms with Crippen molar-refractivity contribution in [2.24, 2.45) is 0 Å². The van der Waals surface area contributed by atoms with Gasteiger partial charge in [-0.25, -0.2) is 4.79 Å². The second kappa shape index (κ2) is 4.77. The molecule has 22 heavy (non-hydrogen) atoms. The second-order valence-electron chi connectivity index (χ2n) is 5.12. The lowest BCUT2D eigenvalue weighted by atomic mass is 10.0. The molecule has 0 saturated heterocycles. The maximum atomic E-state index is 12.1. The number of aromatic amines is 2. The van der Waals surface area contributed by atoms with Crippen LogP contribution in [0.3, 0.4) is 0 Å². The van der Waals surface area contributed by atoms with Crippen molar-refractivity contribution in [1.82, 2.24) is 15.3 Å². The van der Waals surface area contributed by atoms with E-state index in [1.807, 2.05) is 24.3 Å². The first-order valence-corrected chi connectivity index (χ1v) is 6.99. The van der Waals surface area contributed by atoms with Crippen molar-refractivity contribution in [2.45, 2.75) is 0 Å². The van der Waals surface area contributed by atoms with Crippen molar-refractivity contribution in [2.75, 3.05) is 13.2 Å². The predicted octanol–water partition coefficient (Wildman–Crippen LogP) is 1.65. The lowest BCUT2D eigenvalue weighted by Crippen LogP contribution is -2.24. The molecule has 0 fully saturated rings. The van der Waals surface area contributed by atoms with Gasteiger partial charge in [0.2, 0.25) is 0 Å². The van der Waals surface area contributed by atoms with Crippen LogP contribution < -0.4 is 15.7 Å². The molecule has 2 aromatic carbocycles. The van der Waals surface area contributed by atoms with E-state index in [9.17, 15) is 9.59 Å². The van der Waals surface area contributed by atoms with E-state index in [2.05, 4.69) is 15.3 Å². The van der Waals surface area contributed by atoms with E-state index in [0.29, 0.717) is 24.5 Å². The molecule has 4 rings (SSSR count). The number of amides is 1. The summed E-state index contributed by atoms with van der Waals surface area (Å²) >= 11 is 0. The second-order valence-corrected chi connectivity index (χ2v) is 5.12. The Labute approximate surface area is 125 Å². The molecule has 0 unspecified atom stereocenters. The summed E-state index contributed by atoms with van der Waals surface area (Å²) in [7, 11) is 0. The van der Waals surface area contributed by atoms with Crippen LogP contribution in [-0.4, -0.2) is 29.0 Å². The predicted molar refractivity (Wildman–Crippen MR) is 82.2 cm³/mol. The average Bonchev–Trinajstić information content (AvgIpc) is 2.81. The number of aromatic nitrogens is 2. The molecule has 110 valence electrons. The molecular formula is C16H13N3O3. The lowest BCUT2D eigenvalue weighted by molar-refractivity contribution is 0.0957. The molecular weight excluding hydrogens is 282 g/mol. The number of nitrogens with one attached hydrogen (secondary N) is 3. The standard InChI is InChI=1S/C16H13N3O3/c20-15-11-8-9(4-5-13(11)22-7-6-17-15)10-2-1-3-12-14(10)19-16(21)18-12/h1-5,8H,6-7H2,(H,17,20)(H2,18,19,21). The number of H-pyrrole nitrogens is 2. The smallest absolute Gasteiger partial charge is 0.323 e. The van der Waals surface area contributed by atoms with Crippen LogP contribution in [0, 0.1) is 0 Å². The summed E-state index contributed by atoms with van der Waals surface area (Å²) in [5, 5.41) is 2.79. The van der Waals surface area contributed by atoms with Crippen LogP contribution in [0.5, 0.6) is 5.75 Å². The fourth-order valence-corrected chi connectivity index (χ4v) is 2.72. The zero-order valence-corrected chi connectivity index (χ0v) is 11.6. The van der Waals surface area contributed by atoms with Gasteiger partial charge in [0.25, 0.3) is 5.91 Å². The first kappa shape index (κ1) is 12.7. The molecule has 0 aliphatic carbocycles. The number of para-hydroxylation sites is 1. The first-order chi connectivity index (χ1) is 10.7. The summed E-state index contributed by atoms with van der Waals surface area (Å²) in [6, 6.07) is 11.1. The normalized spacial score (nSPS) is 14.1. The Bertz CT molecular complexity index is 939. The molecule has 1 aliphatic rings. The Morgan fingerprint density at radius 1 is 1.00 bits per heavy atom. The molecule has 1 aromatic heterocycles. The van der Waals surface area contributed by atoms with E-state index < -0.39 is 0 Å². The minimum absolute atomic E-state index is 0.149. The van der Waals surface area contributed by atoms with Gasteiger partial charge in [-0.1, -0.05) is 18.2 Å². The number of hydrogen-bond acceptors (Lipinski definition) is 3. The summed E-state index contributed by atoms with van der Waals surface area (Å²) in [4.78, 5) is 29.1. The Kier molecular flexibility index (Phi) is 2.75. The van der Waals surface area contributed by atoms with Gasteiger partial charge in [-0.3, -0.25) is 4.79 Å². The highest BCUT2D eigenvalue weighted by molar-refractivity contribution is 6.00. The molecule has 0 saturated carbocycles. The molecule has 3 N–H and O–H groups in total. The highest BCUT2D eigenvalue weighted by atomic mass is 16.5. The summed E-state index contributed by atoms with van der Waals surface area (Å²) < 4.78 is 5.55. The third-order valence-electron chi connectivity index (χ3n) is 3.73. The number of fused-ring (bicyclic) bond motifs is 2. The molecule has 0 spiro atoms. The number of hydrogen-bond donors (Lipinski definition) is 3.